The maximum Gasteiger partial charge on any atom is 0.271 e. The second-order valence-electron chi connectivity index (χ2n) is 4.90. The van der Waals surface area contributed by atoms with E-state index < -0.39 is 0 Å². The first-order valence-electron chi connectivity index (χ1n) is 7.73. The van der Waals surface area contributed by atoms with E-state index >= 15 is 0 Å². The minimum atomic E-state index is -0.252. The maximum atomic E-state index is 12.0. The number of halogens is 2. The Hall–Kier alpha value is -1.36. The first-order chi connectivity index (χ1) is 12.0. The minimum Gasteiger partial charge on any atom is -0.490 e. The molecule has 0 saturated heterocycles. The Morgan fingerprint density at radius 1 is 1.12 bits per heavy atom. The molecule has 0 aliphatic heterocycles. The molecule has 7 heteroatoms. The summed E-state index contributed by atoms with van der Waals surface area (Å²) in [4.78, 5) is 12.0. The Balaban J connectivity index is 2.12. The second kappa shape index (κ2) is 9.95. The van der Waals surface area contributed by atoms with Crippen molar-refractivity contribution >= 4 is 57.3 Å². The predicted molar refractivity (Wildman–Crippen MR) is 116 cm³/mol. The summed E-state index contributed by atoms with van der Waals surface area (Å²) < 4.78 is 13.3. The second-order valence-corrected chi connectivity index (χ2v) is 7.31. The molecule has 2 aromatic rings. The molecule has 0 saturated carbocycles. The number of carbonyl (C=O) groups excluding carboxylic acids is 1. The van der Waals surface area contributed by atoms with Gasteiger partial charge in [-0.25, -0.2) is 5.43 Å². The Labute approximate surface area is 174 Å². The van der Waals surface area contributed by atoms with Gasteiger partial charge >= 0.3 is 0 Å². The maximum absolute atomic E-state index is 12.0. The van der Waals surface area contributed by atoms with E-state index in [-0.39, 0.29) is 5.91 Å². The van der Waals surface area contributed by atoms with Gasteiger partial charge in [-0.3, -0.25) is 4.79 Å². The van der Waals surface area contributed by atoms with Crippen LogP contribution in [0.15, 0.2) is 41.5 Å². The van der Waals surface area contributed by atoms with E-state index in [1.807, 2.05) is 38.1 Å². The van der Waals surface area contributed by atoms with Gasteiger partial charge in [0.25, 0.3) is 5.91 Å². The third-order valence-corrected chi connectivity index (χ3v) is 4.63. The van der Waals surface area contributed by atoms with Gasteiger partial charge in [0.15, 0.2) is 11.5 Å². The molecular formula is C18H18I2N2O3. The van der Waals surface area contributed by atoms with Gasteiger partial charge in [-0.2, -0.15) is 5.10 Å². The number of hydrazone groups is 1. The summed E-state index contributed by atoms with van der Waals surface area (Å²) in [5.74, 6) is 1.14. The normalized spacial score (nSPS) is 10.7. The van der Waals surface area contributed by atoms with Gasteiger partial charge in [0.05, 0.1) is 23.0 Å². The Morgan fingerprint density at radius 2 is 1.80 bits per heavy atom. The van der Waals surface area contributed by atoms with Gasteiger partial charge < -0.3 is 9.47 Å². The van der Waals surface area contributed by atoms with Gasteiger partial charge in [0.1, 0.15) is 0 Å². The smallest absolute Gasteiger partial charge is 0.271 e. The van der Waals surface area contributed by atoms with E-state index in [1.54, 1.807) is 18.3 Å². The lowest BCUT2D eigenvalue weighted by molar-refractivity contribution is 0.0955. The number of nitrogens with zero attached hydrogens (tertiary/aromatic N) is 1. The quantitative estimate of drug-likeness (QED) is 0.307. The van der Waals surface area contributed by atoms with Crippen LogP contribution in [0.3, 0.4) is 0 Å². The summed E-state index contributed by atoms with van der Waals surface area (Å²) in [5.41, 5.74) is 3.91. The largest absolute Gasteiger partial charge is 0.490 e. The summed E-state index contributed by atoms with van der Waals surface area (Å²) in [6, 6.07) is 11.1. The zero-order valence-electron chi connectivity index (χ0n) is 13.9. The van der Waals surface area contributed by atoms with Gasteiger partial charge in [-0.15, -0.1) is 0 Å². The molecule has 0 radical (unpaired) electrons. The molecule has 132 valence electrons. The fourth-order valence-corrected chi connectivity index (χ4v) is 3.18. The lowest BCUT2D eigenvalue weighted by atomic mass is 10.2. The first kappa shape index (κ1) is 20.0. The lowest BCUT2D eigenvalue weighted by Crippen LogP contribution is -2.17. The van der Waals surface area contributed by atoms with Crippen LogP contribution in [-0.4, -0.2) is 25.3 Å². The van der Waals surface area contributed by atoms with Crippen LogP contribution in [-0.2, 0) is 0 Å². The van der Waals surface area contributed by atoms with Crippen molar-refractivity contribution in [3.8, 4) is 11.5 Å². The summed E-state index contributed by atoms with van der Waals surface area (Å²) in [6.07, 6.45) is 1.59. The lowest BCUT2D eigenvalue weighted by Gasteiger charge is -2.13. The summed E-state index contributed by atoms with van der Waals surface area (Å²) in [6.45, 7) is 4.96. The molecule has 0 bridgehead atoms. The molecule has 0 spiro atoms. The van der Waals surface area contributed by atoms with Gasteiger partial charge in [-0.1, -0.05) is 0 Å². The minimum absolute atomic E-state index is 0.252. The monoisotopic (exact) mass is 564 g/mol. The third-order valence-electron chi connectivity index (χ3n) is 3.11. The molecule has 2 aromatic carbocycles. The average molecular weight is 564 g/mol. The highest BCUT2D eigenvalue weighted by molar-refractivity contribution is 14.1. The van der Waals surface area contributed by atoms with E-state index in [0.29, 0.717) is 24.5 Å². The van der Waals surface area contributed by atoms with Crippen molar-refractivity contribution in [2.75, 3.05) is 13.2 Å². The molecule has 1 amide bonds. The molecular weight excluding hydrogens is 546 g/mol. The van der Waals surface area contributed by atoms with Gasteiger partial charge in [0, 0.05) is 9.13 Å². The number of ether oxygens (including phenoxy) is 2. The molecule has 5 nitrogen and oxygen atoms in total. The molecule has 25 heavy (non-hydrogen) atoms. The number of benzene rings is 2. The molecule has 0 heterocycles. The van der Waals surface area contributed by atoms with Crippen LogP contribution < -0.4 is 14.9 Å². The standard InChI is InChI=1S/C18H18I2N2O3/c1-3-24-16-10-12(9-15(20)17(16)25-4-2)11-21-22-18(23)13-5-7-14(19)8-6-13/h5-11H,3-4H2,1-2H3,(H,22,23)/b21-11-. The fourth-order valence-electron chi connectivity index (χ4n) is 2.04. The van der Waals surface area contributed by atoms with Crippen molar-refractivity contribution < 1.29 is 14.3 Å². The van der Waals surface area contributed by atoms with Crippen LogP contribution >= 0.6 is 45.2 Å². The SMILES string of the molecule is CCOc1cc(/C=N\NC(=O)c2ccc(I)cc2)cc(I)c1OCC. The van der Waals surface area contributed by atoms with Crippen molar-refractivity contribution in [3.63, 3.8) is 0 Å². The molecule has 0 aromatic heterocycles. The Bertz CT molecular complexity index is 762. The van der Waals surface area contributed by atoms with Crippen molar-refractivity contribution in [1.82, 2.24) is 5.43 Å². The van der Waals surface area contributed by atoms with Crippen molar-refractivity contribution in [1.29, 1.82) is 0 Å². The van der Waals surface area contributed by atoms with Gasteiger partial charge in [0.2, 0.25) is 0 Å². The Kier molecular flexibility index (Phi) is 7.94. The highest BCUT2D eigenvalue weighted by Gasteiger charge is 2.11. The third kappa shape index (κ3) is 5.84. The van der Waals surface area contributed by atoms with Crippen LogP contribution in [0.5, 0.6) is 11.5 Å². The summed E-state index contributed by atoms with van der Waals surface area (Å²) in [7, 11) is 0. The van der Waals surface area contributed by atoms with Crippen LogP contribution in [0.4, 0.5) is 0 Å². The number of hydrogen-bond donors (Lipinski definition) is 1. The van der Waals surface area contributed by atoms with Crippen LogP contribution in [0.25, 0.3) is 0 Å². The zero-order chi connectivity index (χ0) is 18.2. The molecule has 0 fully saturated rings. The van der Waals surface area contributed by atoms with Crippen LogP contribution in [0, 0.1) is 7.14 Å². The number of amides is 1. The van der Waals surface area contributed by atoms with E-state index in [1.165, 1.54) is 0 Å². The molecule has 0 unspecified atom stereocenters. The van der Waals surface area contributed by atoms with E-state index in [9.17, 15) is 4.79 Å². The van der Waals surface area contributed by atoms with E-state index in [0.717, 1.165) is 18.5 Å². The van der Waals surface area contributed by atoms with Crippen molar-refractivity contribution in [3.05, 3.63) is 54.7 Å². The highest BCUT2D eigenvalue weighted by Crippen LogP contribution is 2.33. The molecule has 2 rings (SSSR count). The average Bonchev–Trinajstić information content (AvgIpc) is 2.59. The van der Waals surface area contributed by atoms with E-state index in [2.05, 4.69) is 55.7 Å². The molecule has 0 aliphatic rings. The summed E-state index contributed by atoms with van der Waals surface area (Å²) >= 11 is 4.39. The number of hydrogen-bond acceptors (Lipinski definition) is 4. The predicted octanol–water partition coefficient (Wildman–Crippen LogP) is 4.46. The first-order valence-corrected chi connectivity index (χ1v) is 9.89. The number of nitrogens with one attached hydrogen (secondary N) is 1. The van der Waals surface area contributed by atoms with Gasteiger partial charge in [-0.05, 0) is 101 Å². The summed E-state index contributed by atoms with van der Waals surface area (Å²) in [5, 5.41) is 4.03. The van der Waals surface area contributed by atoms with Crippen LogP contribution in [0.2, 0.25) is 0 Å². The molecule has 0 aliphatic carbocycles. The topological polar surface area (TPSA) is 59.9 Å². The highest BCUT2D eigenvalue weighted by atomic mass is 127. The van der Waals surface area contributed by atoms with Crippen molar-refractivity contribution in [2.24, 2.45) is 5.10 Å². The molecule has 0 atom stereocenters. The Morgan fingerprint density at radius 3 is 2.44 bits per heavy atom. The zero-order valence-corrected chi connectivity index (χ0v) is 18.2. The number of carbonyl (C=O) groups is 1. The van der Waals surface area contributed by atoms with E-state index in [4.69, 9.17) is 9.47 Å². The van der Waals surface area contributed by atoms with Crippen LogP contribution in [0.1, 0.15) is 29.8 Å². The number of rotatable bonds is 7. The fraction of sp³-hybridized carbons (Fsp3) is 0.222. The van der Waals surface area contributed by atoms with Crippen molar-refractivity contribution in [2.45, 2.75) is 13.8 Å². The molecule has 1 N–H and O–H groups in total.